The van der Waals surface area contributed by atoms with Crippen LogP contribution in [0.2, 0.25) is 0 Å². The highest BCUT2D eigenvalue weighted by Gasteiger charge is 2.32. The summed E-state index contributed by atoms with van der Waals surface area (Å²) >= 11 is 0. The minimum absolute atomic E-state index is 0.0647. The van der Waals surface area contributed by atoms with Crippen molar-refractivity contribution in [1.82, 2.24) is 4.90 Å². The lowest BCUT2D eigenvalue weighted by Gasteiger charge is -2.28. The number of nitrogens with two attached hydrogens (primary N) is 1. The van der Waals surface area contributed by atoms with E-state index in [0.717, 1.165) is 25.4 Å². The molecule has 1 aliphatic rings. The summed E-state index contributed by atoms with van der Waals surface area (Å²) < 4.78 is 11.1. The molecule has 1 atom stereocenters. The number of nitrogens with zero attached hydrogens (tertiary/aromatic N) is 1. The third kappa shape index (κ3) is 5.34. The number of ether oxygens (including phenoxy) is 2. The summed E-state index contributed by atoms with van der Waals surface area (Å²) in [6.07, 6.45) is 3.53. The molecule has 4 nitrogen and oxygen atoms in total. The third-order valence-electron chi connectivity index (χ3n) is 3.40. The highest BCUT2D eigenvalue weighted by Crippen LogP contribution is 2.34. The van der Waals surface area contributed by atoms with Gasteiger partial charge in [0.15, 0.2) is 6.29 Å². The third-order valence-corrected chi connectivity index (χ3v) is 3.40. The van der Waals surface area contributed by atoms with Gasteiger partial charge in [-0.3, -0.25) is 0 Å². The molecule has 0 aromatic heterocycles. The molecule has 0 heterocycles. The van der Waals surface area contributed by atoms with Gasteiger partial charge in [0.2, 0.25) is 0 Å². The molecule has 2 N–H and O–H groups in total. The van der Waals surface area contributed by atoms with Gasteiger partial charge in [0.1, 0.15) is 0 Å². The first-order valence-corrected chi connectivity index (χ1v) is 6.86. The van der Waals surface area contributed by atoms with Gasteiger partial charge in [-0.05, 0) is 39.7 Å². The molecule has 0 aliphatic heterocycles. The van der Waals surface area contributed by atoms with E-state index in [-0.39, 0.29) is 6.29 Å². The molecule has 17 heavy (non-hydrogen) atoms. The quantitative estimate of drug-likeness (QED) is 0.591. The molecule has 0 spiro atoms. The van der Waals surface area contributed by atoms with Crippen molar-refractivity contribution in [1.29, 1.82) is 0 Å². The summed E-state index contributed by atoms with van der Waals surface area (Å²) in [5.41, 5.74) is 5.83. The van der Waals surface area contributed by atoms with Gasteiger partial charge in [-0.1, -0.05) is 0 Å². The number of likely N-dealkylation sites (N-methyl/N-ethyl adjacent to an activating group) is 1. The van der Waals surface area contributed by atoms with Crippen LogP contribution in [0.25, 0.3) is 0 Å². The molecule has 1 saturated carbocycles. The lowest BCUT2D eigenvalue weighted by Crippen LogP contribution is -2.41. The predicted octanol–water partition coefficient (Wildman–Crippen LogP) is 1.44. The normalized spacial score (nSPS) is 18.0. The molecule has 1 aliphatic carbocycles. The van der Waals surface area contributed by atoms with E-state index >= 15 is 0 Å². The molecule has 1 rings (SSSR count). The Hall–Kier alpha value is -0.160. The Morgan fingerprint density at radius 3 is 2.24 bits per heavy atom. The molecule has 0 aromatic carbocycles. The van der Waals surface area contributed by atoms with Crippen LogP contribution in [0, 0.1) is 5.92 Å². The van der Waals surface area contributed by atoms with E-state index in [1.54, 1.807) is 0 Å². The Labute approximate surface area is 105 Å². The number of hydrogen-bond donors (Lipinski definition) is 1. The summed E-state index contributed by atoms with van der Waals surface area (Å²) in [6.45, 7) is 7.16. The topological polar surface area (TPSA) is 47.7 Å². The highest BCUT2D eigenvalue weighted by molar-refractivity contribution is 4.87. The van der Waals surface area contributed by atoms with Gasteiger partial charge in [-0.2, -0.15) is 0 Å². The number of rotatable bonds is 10. The van der Waals surface area contributed by atoms with Crippen molar-refractivity contribution >= 4 is 0 Å². The zero-order valence-electron chi connectivity index (χ0n) is 11.5. The van der Waals surface area contributed by atoms with Crippen molar-refractivity contribution in [2.75, 3.05) is 33.4 Å². The van der Waals surface area contributed by atoms with Gasteiger partial charge in [0, 0.05) is 38.8 Å². The molecule has 102 valence electrons. The van der Waals surface area contributed by atoms with E-state index < -0.39 is 0 Å². The van der Waals surface area contributed by atoms with E-state index in [9.17, 15) is 0 Å². The zero-order valence-corrected chi connectivity index (χ0v) is 11.5. The monoisotopic (exact) mass is 244 g/mol. The summed E-state index contributed by atoms with van der Waals surface area (Å²) in [5.74, 6) is 0.822. The average molecular weight is 244 g/mol. The van der Waals surface area contributed by atoms with Crippen LogP contribution in [-0.4, -0.2) is 50.6 Å². The minimum Gasteiger partial charge on any atom is -0.353 e. The fourth-order valence-corrected chi connectivity index (χ4v) is 2.27. The summed E-state index contributed by atoms with van der Waals surface area (Å²) in [7, 11) is 2.16. The molecule has 0 radical (unpaired) electrons. The molecule has 0 saturated heterocycles. The Balaban J connectivity index is 2.25. The van der Waals surface area contributed by atoms with Crippen LogP contribution in [0.3, 0.4) is 0 Å². The predicted molar refractivity (Wildman–Crippen MR) is 69.9 cm³/mol. The first-order chi connectivity index (χ1) is 8.22. The van der Waals surface area contributed by atoms with Crippen molar-refractivity contribution in [3.05, 3.63) is 0 Å². The lowest BCUT2D eigenvalue weighted by molar-refractivity contribution is -0.142. The van der Waals surface area contributed by atoms with Crippen molar-refractivity contribution in [3.63, 3.8) is 0 Å². The Kier molecular flexibility index (Phi) is 7.04. The fraction of sp³-hybridized carbons (Fsp3) is 1.00. The molecule has 0 amide bonds. The van der Waals surface area contributed by atoms with Crippen LogP contribution in [0.5, 0.6) is 0 Å². The van der Waals surface area contributed by atoms with Crippen LogP contribution in [0.1, 0.15) is 33.1 Å². The van der Waals surface area contributed by atoms with E-state index in [0.29, 0.717) is 19.3 Å². The van der Waals surface area contributed by atoms with Crippen molar-refractivity contribution in [2.24, 2.45) is 11.7 Å². The molecular weight excluding hydrogens is 216 g/mol. The summed E-state index contributed by atoms with van der Waals surface area (Å²) in [4.78, 5) is 2.36. The van der Waals surface area contributed by atoms with Crippen molar-refractivity contribution in [2.45, 2.75) is 45.4 Å². The van der Waals surface area contributed by atoms with Crippen LogP contribution in [0.4, 0.5) is 0 Å². The van der Waals surface area contributed by atoms with E-state index in [2.05, 4.69) is 11.9 Å². The van der Waals surface area contributed by atoms with Crippen molar-refractivity contribution < 1.29 is 9.47 Å². The fourth-order valence-electron chi connectivity index (χ4n) is 2.27. The maximum Gasteiger partial charge on any atom is 0.158 e. The summed E-state index contributed by atoms with van der Waals surface area (Å²) in [5, 5.41) is 0. The maximum atomic E-state index is 5.83. The van der Waals surface area contributed by atoms with Gasteiger partial charge in [0.05, 0.1) is 0 Å². The maximum absolute atomic E-state index is 5.83. The second kappa shape index (κ2) is 8.03. The Morgan fingerprint density at radius 2 is 1.82 bits per heavy atom. The molecule has 1 fully saturated rings. The van der Waals surface area contributed by atoms with E-state index in [4.69, 9.17) is 15.2 Å². The van der Waals surface area contributed by atoms with Crippen LogP contribution in [0.15, 0.2) is 0 Å². The molecule has 1 unspecified atom stereocenters. The van der Waals surface area contributed by atoms with Crippen LogP contribution < -0.4 is 5.73 Å². The number of hydrogen-bond acceptors (Lipinski definition) is 4. The standard InChI is InChI=1S/C13H28N2O2/c1-4-16-13(17-5-2)8-9-15(3)12(10-14)11-6-7-11/h11-13H,4-10,14H2,1-3H3. The van der Waals surface area contributed by atoms with Gasteiger partial charge in [-0.15, -0.1) is 0 Å². The highest BCUT2D eigenvalue weighted by atomic mass is 16.7. The van der Waals surface area contributed by atoms with Crippen LogP contribution in [-0.2, 0) is 9.47 Å². The molecular formula is C13H28N2O2. The Bertz CT molecular complexity index is 192. The van der Waals surface area contributed by atoms with E-state index in [1.165, 1.54) is 12.8 Å². The molecule has 4 heteroatoms. The first-order valence-electron chi connectivity index (χ1n) is 6.86. The largest absolute Gasteiger partial charge is 0.353 e. The SMILES string of the molecule is CCOC(CCN(C)C(CN)C1CC1)OCC. The molecule has 0 bridgehead atoms. The van der Waals surface area contributed by atoms with Crippen LogP contribution >= 0.6 is 0 Å². The van der Waals surface area contributed by atoms with Gasteiger partial charge in [0.25, 0.3) is 0 Å². The second-order valence-corrected chi connectivity index (χ2v) is 4.75. The molecule has 0 aromatic rings. The zero-order chi connectivity index (χ0) is 12.7. The minimum atomic E-state index is -0.0647. The lowest BCUT2D eigenvalue weighted by atomic mass is 10.1. The average Bonchev–Trinajstić information content (AvgIpc) is 3.12. The smallest absolute Gasteiger partial charge is 0.158 e. The van der Waals surface area contributed by atoms with E-state index in [1.807, 2.05) is 13.8 Å². The second-order valence-electron chi connectivity index (χ2n) is 4.75. The summed E-state index contributed by atoms with van der Waals surface area (Å²) in [6, 6.07) is 0.541. The first kappa shape index (κ1) is 14.9. The van der Waals surface area contributed by atoms with Gasteiger partial charge in [-0.25, -0.2) is 0 Å². The van der Waals surface area contributed by atoms with Gasteiger partial charge >= 0.3 is 0 Å². The van der Waals surface area contributed by atoms with Crippen molar-refractivity contribution in [3.8, 4) is 0 Å². The Morgan fingerprint density at radius 1 is 1.24 bits per heavy atom. The van der Waals surface area contributed by atoms with Gasteiger partial charge < -0.3 is 20.1 Å².